The van der Waals surface area contributed by atoms with E-state index in [4.69, 9.17) is 26.8 Å². The number of nitrogens with one attached hydrogen (secondary N) is 1. The molecule has 3 rings (SSSR count). The van der Waals surface area contributed by atoms with Crippen molar-refractivity contribution >= 4 is 28.8 Å². The number of aromatic nitrogens is 2. The van der Waals surface area contributed by atoms with E-state index in [-0.39, 0.29) is 5.88 Å². The van der Waals surface area contributed by atoms with E-state index in [1.54, 1.807) is 31.4 Å². The molecule has 0 spiro atoms. The molecule has 0 amide bonds. The van der Waals surface area contributed by atoms with Gasteiger partial charge < -0.3 is 20.5 Å². The van der Waals surface area contributed by atoms with Gasteiger partial charge in [-0.2, -0.15) is 4.98 Å². The Bertz CT molecular complexity index is 885. The number of benzene rings is 2. The van der Waals surface area contributed by atoms with Crippen LogP contribution in [0.5, 0.6) is 17.4 Å². The summed E-state index contributed by atoms with van der Waals surface area (Å²) in [6.07, 6.45) is 1.39. The Labute approximate surface area is 150 Å². The molecular formula is C18H17ClN4O2. The fourth-order valence-electron chi connectivity index (χ4n) is 2.19. The second kappa shape index (κ2) is 7.27. The third-order valence-corrected chi connectivity index (χ3v) is 4.05. The Morgan fingerprint density at radius 2 is 1.76 bits per heavy atom. The van der Waals surface area contributed by atoms with Gasteiger partial charge in [0, 0.05) is 10.7 Å². The fraction of sp³-hybridized carbons (Fsp3) is 0.111. The molecule has 0 aliphatic rings. The van der Waals surface area contributed by atoms with Crippen molar-refractivity contribution in [2.75, 3.05) is 18.2 Å². The molecule has 0 aliphatic carbocycles. The van der Waals surface area contributed by atoms with Crippen LogP contribution in [0.1, 0.15) is 5.56 Å². The van der Waals surface area contributed by atoms with E-state index in [2.05, 4.69) is 15.3 Å². The minimum Gasteiger partial charge on any atom is -0.497 e. The number of hydrogen-bond donors (Lipinski definition) is 2. The van der Waals surface area contributed by atoms with Gasteiger partial charge in [0.25, 0.3) is 0 Å². The largest absolute Gasteiger partial charge is 0.497 e. The summed E-state index contributed by atoms with van der Waals surface area (Å²) in [4.78, 5) is 8.29. The van der Waals surface area contributed by atoms with Crippen LogP contribution in [0.4, 0.5) is 17.2 Å². The number of halogens is 1. The summed E-state index contributed by atoms with van der Waals surface area (Å²) >= 11 is 6.14. The molecule has 0 aliphatic heterocycles. The third kappa shape index (κ3) is 3.75. The van der Waals surface area contributed by atoms with Crippen molar-refractivity contribution in [1.29, 1.82) is 0 Å². The maximum Gasteiger partial charge on any atom is 0.248 e. The van der Waals surface area contributed by atoms with Crippen LogP contribution in [0.2, 0.25) is 5.02 Å². The number of nitrogen functional groups attached to an aromatic ring is 1. The number of ether oxygens (including phenoxy) is 2. The molecule has 7 heteroatoms. The summed E-state index contributed by atoms with van der Waals surface area (Å²) in [5.74, 6) is 2.05. The van der Waals surface area contributed by atoms with E-state index in [1.165, 1.54) is 6.33 Å². The molecule has 0 bridgehead atoms. The zero-order chi connectivity index (χ0) is 17.8. The van der Waals surface area contributed by atoms with Crippen molar-refractivity contribution < 1.29 is 9.47 Å². The van der Waals surface area contributed by atoms with E-state index < -0.39 is 0 Å². The maximum absolute atomic E-state index is 6.15. The number of anilines is 3. The van der Waals surface area contributed by atoms with Gasteiger partial charge in [-0.25, -0.2) is 4.98 Å². The van der Waals surface area contributed by atoms with Crippen molar-refractivity contribution in [2.24, 2.45) is 0 Å². The summed E-state index contributed by atoms with van der Waals surface area (Å²) in [5.41, 5.74) is 8.17. The van der Waals surface area contributed by atoms with Gasteiger partial charge in [-0.1, -0.05) is 17.7 Å². The lowest BCUT2D eigenvalue weighted by Gasteiger charge is -2.13. The van der Waals surface area contributed by atoms with Gasteiger partial charge >= 0.3 is 0 Å². The lowest BCUT2D eigenvalue weighted by molar-refractivity contribution is 0.412. The van der Waals surface area contributed by atoms with Crippen LogP contribution in [0.3, 0.4) is 0 Å². The molecule has 0 atom stereocenters. The highest BCUT2D eigenvalue weighted by Crippen LogP contribution is 2.33. The highest BCUT2D eigenvalue weighted by Gasteiger charge is 2.12. The van der Waals surface area contributed by atoms with Crippen LogP contribution >= 0.6 is 11.6 Å². The van der Waals surface area contributed by atoms with Crippen LogP contribution in [0.15, 0.2) is 48.8 Å². The van der Waals surface area contributed by atoms with Gasteiger partial charge in [0.1, 0.15) is 23.5 Å². The predicted molar refractivity (Wildman–Crippen MR) is 99.0 cm³/mol. The highest BCUT2D eigenvalue weighted by atomic mass is 35.5. The zero-order valence-electron chi connectivity index (χ0n) is 13.8. The number of methoxy groups -OCH3 is 1. The first-order valence-corrected chi connectivity index (χ1v) is 7.91. The smallest absolute Gasteiger partial charge is 0.248 e. The molecule has 25 heavy (non-hydrogen) atoms. The monoisotopic (exact) mass is 356 g/mol. The predicted octanol–water partition coefficient (Wildman–Crippen LogP) is 4.57. The van der Waals surface area contributed by atoms with Gasteiger partial charge in [-0.15, -0.1) is 0 Å². The lowest BCUT2D eigenvalue weighted by atomic mass is 10.2. The topological polar surface area (TPSA) is 82.3 Å². The second-order valence-electron chi connectivity index (χ2n) is 5.26. The number of nitrogens with zero attached hydrogens (tertiary/aromatic N) is 2. The van der Waals surface area contributed by atoms with E-state index >= 15 is 0 Å². The van der Waals surface area contributed by atoms with Gasteiger partial charge in [0.2, 0.25) is 5.88 Å². The molecule has 6 nitrogen and oxygen atoms in total. The van der Waals surface area contributed by atoms with Crippen molar-refractivity contribution in [2.45, 2.75) is 6.92 Å². The molecule has 3 N–H and O–H groups in total. The molecule has 128 valence electrons. The first-order valence-electron chi connectivity index (χ1n) is 7.53. The number of nitrogens with two attached hydrogens (primary N) is 1. The van der Waals surface area contributed by atoms with Gasteiger partial charge in [0.15, 0.2) is 5.82 Å². The van der Waals surface area contributed by atoms with Crippen LogP contribution in [-0.4, -0.2) is 17.1 Å². The van der Waals surface area contributed by atoms with E-state index in [9.17, 15) is 0 Å². The molecule has 0 saturated carbocycles. The normalized spacial score (nSPS) is 10.4. The first-order chi connectivity index (χ1) is 12.1. The molecule has 3 aromatic rings. The summed E-state index contributed by atoms with van der Waals surface area (Å²) < 4.78 is 10.9. The fourth-order valence-corrected chi connectivity index (χ4v) is 2.36. The van der Waals surface area contributed by atoms with E-state index in [0.29, 0.717) is 22.3 Å². The van der Waals surface area contributed by atoms with E-state index in [1.807, 2.05) is 25.1 Å². The molecule has 0 radical (unpaired) electrons. The Kier molecular flexibility index (Phi) is 4.90. The number of hydrogen-bond acceptors (Lipinski definition) is 6. The zero-order valence-corrected chi connectivity index (χ0v) is 14.5. The van der Waals surface area contributed by atoms with Gasteiger partial charge in [0.05, 0.1) is 7.11 Å². The summed E-state index contributed by atoms with van der Waals surface area (Å²) in [6.45, 7) is 1.91. The third-order valence-electron chi connectivity index (χ3n) is 3.64. The van der Waals surface area contributed by atoms with Gasteiger partial charge in [-0.05, 0) is 48.9 Å². The van der Waals surface area contributed by atoms with Crippen LogP contribution < -0.4 is 20.5 Å². The standard InChI is InChI=1S/C18H17ClN4O2/c1-11-14(19)4-3-5-15(11)23-17-16(20)18(22-10-21-17)25-13-8-6-12(24-2)7-9-13/h3-10H,20H2,1-2H3,(H,21,22,23). The van der Waals surface area contributed by atoms with Crippen LogP contribution in [0, 0.1) is 6.92 Å². The molecule has 0 saturated heterocycles. The SMILES string of the molecule is COc1ccc(Oc2ncnc(Nc3cccc(Cl)c3C)c2N)cc1. The quantitative estimate of drug-likeness (QED) is 0.697. The lowest BCUT2D eigenvalue weighted by Crippen LogP contribution is -2.04. The first kappa shape index (κ1) is 16.9. The van der Waals surface area contributed by atoms with Gasteiger partial charge in [-0.3, -0.25) is 0 Å². The molecule has 0 fully saturated rings. The maximum atomic E-state index is 6.15. The minimum atomic E-state index is 0.266. The Morgan fingerprint density at radius 3 is 2.48 bits per heavy atom. The summed E-state index contributed by atoms with van der Waals surface area (Å²) in [6, 6.07) is 12.7. The van der Waals surface area contributed by atoms with E-state index in [0.717, 1.165) is 17.0 Å². The molecule has 0 unspecified atom stereocenters. The minimum absolute atomic E-state index is 0.266. The Balaban J connectivity index is 1.85. The average molecular weight is 357 g/mol. The van der Waals surface area contributed by atoms with Crippen molar-refractivity contribution in [3.05, 3.63) is 59.4 Å². The summed E-state index contributed by atoms with van der Waals surface area (Å²) in [7, 11) is 1.61. The average Bonchev–Trinajstić information content (AvgIpc) is 2.63. The molecule has 1 aromatic heterocycles. The molecule has 1 heterocycles. The number of rotatable bonds is 5. The Morgan fingerprint density at radius 1 is 1.04 bits per heavy atom. The van der Waals surface area contributed by atoms with Crippen molar-refractivity contribution in [3.63, 3.8) is 0 Å². The van der Waals surface area contributed by atoms with Crippen molar-refractivity contribution in [3.8, 4) is 17.4 Å². The molecular weight excluding hydrogens is 340 g/mol. The van der Waals surface area contributed by atoms with Crippen molar-refractivity contribution in [1.82, 2.24) is 9.97 Å². The van der Waals surface area contributed by atoms with Crippen LogP contribution in [-0.2, 0) is 0 Å². The Hall–Kier alpha value is -2.99. The highest BCUT2D eigenvalue weighted by molar-refractivity contribution is 6.31. The molecule has 2 aromatic carbocycles. The van der Waals surface area contributed by atoms with Crippen LogP contribution in [0.25, 0.3) is 0 Å². The summed E-state index contributed by atoms with van der Waals surface area (Å²) in [5, 5.41) is 3.82. The second-order valence-corrected chi connectivity index (χ2v) is 5.66.